The van der Waals surface area contributed by atoms with Gasteiger partial charge in [-0.1, -0.05) is 0 Å². The fraction of sp³-hybridized carbons (Fsp3) is 0.417. The number of aromatic carboxylic acids is 2. The number of carboxylic acids is 2. The number of hydrogen-bond donors (Lipinski definition) is 2. The van der Waals surface area contributed by atoms with Crippen LogP contribution in [-0.4, -0.2) is 22.2 Å². The van der Waals surface area contributed by atoms with E-state index in [0.29, 0.717) is 11.1 Å². The molecule has 0 saturated carbocycles. The van der Waals surface area contributed by atoms with Crippen molar-refractivity contribution in [1.29, 1.82) is 0 Å². The summed E-state index contributed by atoms with van der Waals surface area (Å²) in [5.74, 6) is -1.56. The van der Waals surface area contributed by atoms with Crippen LogP contribution >= 0.6 is 0 Å². The summed E-state index contributed by atoms with van der Waals surface area (Å²) < 4.78 is 0.462. The first-order valence-corrected chi connectivity index (χ1v) is 16.9. The van der Waals surface area contributed by atoms with Crippen molar-refractivity contribution in [3.8, 4) is 0 Å². The third-order valence-electron chi connectivity index (χ3n) is 17.9. The predicted molar refractivity (Wildman–Crippen MR) is 100 cm³/mol. The first-order valence-electron chi connectivity index (χ1n) is 10.7. The van der Waals surface area contributed by atoms with E-state index in [4.69, 9.17) is 0 Å². The number of fused-ring (bicyclic) bond motifs is 10. The second-order valence-electron chi connectivity index (χ2n) is 13.5. The van der Waals surface area contributed by atoms with Gasteiger partial charge in [0.1, 0.15) is 0 Å². The molecule has 0 aliphatic carbocycles. The fourth-order valence-corrected chi connectivity index (χ4v) is 96.2. The maximum atomic E-state index is 12.2. The van der Waals surface area contributed by atoms with Gasteiger partial charge in [-0.2, -0.15) is 0 Å². The van der Waals surface area contributed by atoms with Crippen molar-refractivity contribution in [1.82, 2.24) is 0 Å². The van der Waals surface area contributed by atoms with Crippen molar-refractivity contribution >= 4 is 11.9 Å². The second-order valence-corrected chi connectivity index (χ2v) is 36.7. The van der Waals surface area contributed by atoms with E-state index < -0.39 is 18.4 Å². The van der Waals surface area contributed by atoms with E-state index >= 15 is 0 Å². The molecular weight excluding hydrogens is 408 g/mol. The van der Waals surface area contributed by atoms with Gasteiger partial charge < -0.3 is 0 Å². The predicted octanol–water partition coefficient (Wildman–Crippen LogP) is 4.99. The van der Waals surface area contributed by atoms with E-state index in [1.54, 1.807) is 0 Å². The van der Waals surface area contributed by atoms with E-state index in [2.05, 4.69) is 12.1 Å². The van der Waals surface area contributed by atoms with Gasteiger partial charge in [-0.25, -0.2) is 0 Å². The molecule has 10 heterocycles. The van der Waals surface area contributed by atoms with Crippen LogP contribution in [0.25, 0.3) is 0 Å². The van der Waals surface area contributed by atoms with Gasteiger partial charge in [-0.05, 0) is 0 Å². The quantitative estimate of drug-likeness (QED) is 0.676. The monoisotopic (exact) mass is 426 g/mol. The molecule has 2 aromatic carbocycles. The fourth-order valence-electron chi connectivity index (χ4n) is 20.0. The molecule has 10 aliphatic rings. The average molecular weight is 426 g/mol. The number of rotatable bonds is 4. The van der Waals surface area contributed by atoms with Crippen molar-refractivity contribution in [2.24, 2.45) is 0 Å². The molecule has 0 aromatic heterocycles. The van der Waals surface area contributed by atoms with Gasteiger partial charge in [0, 0.05) is 0 Å². The Labute approximate surface area is 156 Å². The molecule has 0 amide bonds. The number of hydrogen-bond acceptors (Lipinski definition) is 2. The van der Waals surface area contributed by atoms with Crippen LogP contribution in [0.15, 0.2) is 48.5 Å². The Morgan fingerprint density at radius 3 is 1.31 bits per heavy atom. The first-order chi connectivity index (χ1) is 13.8. The Hall–Kier alpha value is -2.10. The Morgan fingerprint density at radius 1 is 0.655 bits per heavy atom. The zero-order valence-corrected chi connectivity index (χ0v) is 16.4. The Bertz CT molecular complexity index is 1650. The molecule has 12 rings (SSSR count). The first kappa shape index (κ1) is 12.6. The molecule has 29 heavy (non-hydrogen) atoms. The van der Waals surface area contributed by atoms with Gasteiger partial charge in [-0.3, -0.25) is 0 Å². The topological polar surface area (TPSA) is 74.6 Å². The van der Waals surface area contributed by atoms with E-state index in [0.717, 1.165) is 38.5 Å². The summed E-state index contributed by atoms with van der Waals surface area (Å²) in [6, 6.07) is 15.8. The molecular formula is C24H18FeO4. The normalized spacial score (nSPS) is 76.8. The van der Waals surface area contributed by atoms with Crippen molar-refractivity contribution in [3.63, 3.8) is 0 Å². The second kappa shape index (κ2) is 1.46. The summed E-state index contributed by atoms with van der Waals surface area (Å²) in [5, 5.41) is 20.0. The molecule has 10 saturated heterocycles. The van der Waals surface area contributed by atoms with Crippen LogP contribution in [-0.2, 0) is 15.1 Å². The van der Waals surface area contributed by atoms with Crippen LogP contribution in [0.3, 0.4) is 0 Å². The molecule has 146 valence electrons. The van der Waals surface area contributed by atoms with E-state index in [9.17, 15) is 19.8 Å². The third kappa shape index (κ3) is 0.209. The van der Waals surface area contributed by atoms with Crippen molar-refractivity contribution in [2.75, 3.05) is 0 Å². The number of carbonyl (C=O) groups is 2. The number of carboxylic acid groups (broad SMARTS) is 2. The van der Waals surface area contributed by atoms with Gasteiger partial charge >= 0.3 is 156 Å². The van der Waals surface area contributed by atoms with Gasteiger partial charge in [0.15, 0.2) is 0 Å². The minimum absolute atomic E-state index is 0.231. The maximum absolute atomic E-state index is 12.2. The molecule has 0 bridgehead atoms. The Morgan fingerprint density at radius 2 is 1.00 bits per heavy atom. The molecule has 4 nitrogen and oxygen atoms in total. The summed E-state index contributed by atoms with van der Waals surface area (Å²) in [6.45, 7) is -4.09. The molecule has 5 heteroatoms. The number of benzene rings is 2. The van der Waals surface area contributed by atoms with E-state index in [1.165, 1.54) is 11.1 Å². The standard InChI is InChI=1S/2C12H9O2.Fe/c2*13-12(14)11-8-4-3-7-10(11)9-5-1-2-6-9;/h2*1-8H,(H,13,14);. The van der Waals surface area contributed by atoms with E-state index in [1.807, 2.05) is 36.4 Å². The molecule has 2 aromatic rings. The van der Waals surface area contributed by atoms with Crippen LogP contribution in [0, 0.1) is 0 Å². The zero-order chi connectivity index (χ0) is 19.1. The summed E-state index contributed by atoms with van der Waals surface area (Å²) in [5.41, 5.74) is 3.46. The summed E-state index contributed by atoms with van der Waals surface area (Å²) in [7, 11) is 0. The average Bonchev–Trinajstić information content (AvgIpc) is 3.67. The van der Waals surface area contributed by atoms with Crippen LogP contribution in [0.5, 0.6) is 0 Å². The van der Waals surface area contributed by atoms with Crippen LogP contribution in [0.4, 0.5) is 0 Å². The van der Waals surface area contributed by atoms with Gasteiger partial charge in [0.2, 0.25) is 0 Å². The molecule has 8 atom stereocenters. The van der Waals surface area contributed by atoms with Crippen LogP contribution in [0.1, 0.15) is 31.8 Å². The van der Waals surface area contributed by atoms with Crippen LogP contribution < -0.4 is 0 Å². The van der Waals surface area contributed by atoms with Crippen molar-refractivity contribution < 1.29 is 26.3 Å². The molecule has 8 unspecified atom stereocenters. The SMILES string of the molecule is O=C(O)c1ccccc1[C]12[CH]3[CH]4[CH]5[CH]1[Fe]45321678[CH]2[CH]1[CH]6[C]7(c1ccccc1C(=O)O)[CH]28. The van der Waals surface area contributed by atoms with Crippen molar-refractivity contribution in [2.45, 2.75) is 47.2 Å². The van der Waals surface area contributed by atoms with Crippen LogP contribution in [0.2, 0.25) is 38.5 Å². The summed E-state index contributed by atoms with van der Waals surface area (Å²) in [4.78, 5) is 31.4. The third-order valence-corrected chi connectivity index (χ3v) is 60.7. The van der Waals surface area contributed by atoms with Gasteiger partial charge in [0.25, 0.3) is 0 Å². The van der Waals surface area contributed by atoms with Gasteiger partial charge in [-0.15, -0.1) is 0 Å². The molecule has 0 radical (unpaired) electrons. The zero-order valence-electron chi connectivity index (χ0n) is 15.3. The molecule has 10 aliphatic heterocycles. The Kier molecular flexibility index (Phi) is 0.632. The molecule has 1 spiro atoms. The molecule has 2 N–H and O–H groups in total. The van der Waals surface area contributed by atoms with E-state index in [-0.39, 0.29) is 8.63 Å². The molecule has 10 fully saturated rings. The summed E-state index contributed by atoms with van der Waals surface area (Å²) in [6.07, 6.45) is 0. The van der Waals surface area contributed by atoms with Crippen molar-refractivity contribution in [3.05, 3.63) is 70.8 Å². The Balaban J connectivity index is 1.30. The van der Waals surface area contributed by atoms with Gasteiger partial charge in [0.05, 0.1) is 0 Å². The summed E-state index contributed by atoms with van der Waals surface area (Å²) >= 11 is 0. The minimum atomic E-state index is -4.09.